The molecule has 17 aromatic rings. The van der Waals surface area contributed by atoms with E-state index in [1.54, 1.807) is 0 Å². The topological polar surface area (TPSA) is 130 Å². The second-order valence-corrected chi connectivity index (χ2v) is 22.8. The first kappa shape index (κ1) is 54.9. The first-order valence-electron chi connectivity index (χ1n) is 30.9. The van der Waals surface area contributed by atoms with Crippen LogP contribution in [0.3, 0.4) is 0 Å². The Hall–Kier alpha value is -13.2. The minimum atomic E-state index is 0.468. The highest BCUT2D eigenvalue weighted by Gasteiger charge is 2.24. The van der Waals surface area contributed by atoms with E-state index in [9.17, 15) is 0 Å². The number of hydrogen-bond donors (Lipinski definition) is 0. The van der Waals surface area contributed by atoms with Crippen LogP contribution in [0.5, 0.6) is 0 Å². The second-order valence-electron chi connectivity index (χ2n) is 22.8. The quantitative estimate of drug-likeness (QED) is 0.110. The molecule has 0 saturated carbocycles. The van der Waals surface area contributed by atoms with Crippen LogP contribution in [0.1, 0.15) is 0 Å². The Bertz CT molecular complexity index is 5620. The molecule has 0 radical (unpaired) electrons. The predicted octanol–water partition coefficient (Wildman–Crippen LogP) is 19.7. The molecule has 17 rings (SSSR count). The van der Waals surface area contributed by atoms with Crippen molar-refractivity contribution in [2.45, 2.75) is 0 Å². The zero-order chi connectivity index (χ0) is 62.5. The summed E-state index contributed by atoms with van der Waals surface area (Å²) in [6, 6.07) is 102. The molecule has 12 aromatic carbocycles. The van der Waals surface area contributed by atoms with Crippen molar-refractivity contribution in [2.24, 2.45) is 0 Å². The molecule has 438 valence electrons. The molecular formula is C82H50N12. The first-order valence-corrected chi connectivity index (χ1v) is 30.9. The molecule has 5 heterocycles. The molecule has 0 aliphatic heterocycles. The molecule has 0 amide bonds. The van der Waals surface area contributed by atoms with Gasteiger partial charge in [-0.1, -0.05) is 224 Å². The van der Waals surface area contributed by atoms with Crippen molar-refractivity contribution in [3.63, 3.8) is 0 Å². The van der Waals surface area contributed by atoms with Crippen LogP contribution in [0.25, 0.3) is 173 Å². The normalized spacial score (nSPS) is 11.4. The molecule has 12 heteroatoms. The van der Waals surface area contributed by atoms with Gasteiger partial charge < -0.3 is 9.13 Å². The van der Waals surface area contributed by atoms with Gasteiger partial charge >= 0.3 is 0 Å². The van der Waals surface area contributed by atoms with Gasteiger partial charge in [-0.25, -0.2) is 49.7 Å². The maximum Gasteiger partial charge on any atom is 0.195 e. The third-order valence-corrected chi connectivity index (χ3v) is 17.1. The van der Waals surface area contributed by atoms with Crippen molar-refractivity contribution in [1.29, 1.82) is 0 Å². The summed E-state index contributed by atoms with van der Waals surface area (Å²) < 4.78 is 4.59. The highest BCUT2D eigenvalue weighted by molar-refractivity contribution is 6.12. The Morgan fingerprint density at radius 2 is 0.521 bits per heavy atom. The third-order valence-electron chi connectivity index (χ3n) is 17.1. The number of aromatic nitrogens is 11. The van der Waals surface area contributed by atoms with Crippen LogP contribution in [-0.4, -0.2) is 54.0 Å². The maximum absolute atomic E-state index is 8.95. The zero-order valence-corrected chi connectivity index (χ0v) is 50.2. The Labute approximate surface area is 540 Å². The molecule has 12 nitrogen and oxygen atoms in total. The Balaban J connectivity index is 0.873. The van der Waals surface area contributed by atoms with E-state index >= 15 is 0 Å². The van der Waals surface area contributed by atoms with Crippen LogP contribution in [0.4, 0.5) is 5.69 Å². The fourth-order valence-electron chi connectivity index (χ4n) is 12.6. The number of para-hydroxylation sites is 2. The van der Waals surface area contributed by atoms with Gasteiger partial charge in [0.05, 0.1) is 34.3 Å². The Morgan fingerprint density at radius 3 is 0.894 bits per heavy atom. The van der Waals surface area contributed by atoms with Gasteiger partial charge in [-0.05, 0) is 90.0 Å². The monoisotopic (exact) mass is 1200 g/mol. The fraction of sp³-hybridized carbons (Fsp3) is 0. The highest BCUT2D eigenvalue weighted by Crippen LogP contribution is 2.45. The number of nitrogens with zero attached hydrogens (tertiary/aromatic N) is 12. The number of rotatable bonds is 12. The highest BCUT2D eigenvalue weighted by atomic mass is 15.1. The molecule has 0 saturated heterocycles. The van der Waals surface area contributed by atoms with Gasteiger partial charge in [-0.3, -0.25) is 0 Å². The maximum atomic E-state index is 8.95. The summed E-state index contributed by atoms with van der Waals surface area (Å²) >= 11 is 0. The average Bonchev–Trinajstić information content (AvgIpc) is 1.53. The Morgan fingerprint density at radius 1 is 0.223 bits per heavy atom. The van der Waals surface area contributed by atoms with E-state index < -0.39 is 0 Å². The second kappa shape index (κ2) is 23.3. The number of hydrogen-bond acceptors (Lipinski definition) is 9. The van der Waals surface area contributed by atoms with E-state index in [1.165, 1.54) is 0 Å². The van der Waals surface area contributed by atoms with E-state index in [2.05, 4.69) is 123 Å². The van der Waals surface area contributed by atoms with Gasteiger partial charge in [-0.2, -0.15) is 0 Å². The fourth-order valence-corrected chi connectivity index (χ4v) is 12.6. The van der Waals surface area contributed by atoms with E-state index in [-0.39, 0.29) is 0 Å². The minimum Gasteiger partial charge on any atom is -0.309 e. The summed E-state index contributed by atoms with van der Waals surface area (Å²) in [6.07, 6.45) is 0. The summed E-state index contributed by atoms with van der Waals surface area (Å²) in [5, 5.41) is 4.09. The SMILES string of the molecule is [C-]#[N+]c1ccc(-n2c3ccccc3c3cc(-c4nc(-c5ccccc5)nc(-c5ccccc5)n4)ccc32)cc1-c1cc(-c2nc(-c3ccccc3)nc(-c3ccccc3)n2)ccc1-n1c2ccccc2c2cc(-c3nc(-c4ccccc4)nc(-c4ccccc4)n3)ccc21. The molecule has 0 aliphatic rings. The molecule has 0 N–H and O–H groups in total. The van der Waals surface area contributed by atoms with E-state index in [1.807, 2.05) is 194 Å². The smallest absolute Gasteiger partial charge is 0.195 e. The van der Waals surface area contributed by atoms with Crippen molar-refractivity contribution in [1.82, 2.24) is 54.0 Å². The van der Waals surface area contributed by atoms with Gasteiger partial charge in [0.1, 0.15) is 0 Å². The van der Waals surface area contributed by atoms with Gasteiger partial charge in [0, 0.05) is 77.3 Å². The van der Waals surface area contributed by atoms with Crippen molar-refractivity contribution in [3.8, 4) is 125 Å². The summed E-state index contributed by atoms with van der Waals surface area (Å²) in [5.41, 5.74) is 15.3. The van der Waals surface area contributed by atoms with Crippen LogP contribution >= 0.6 is 0 Å². The lowest BCUT2D eigenvalue weighted by Gasteiger charge is -2.18. The molecule has 0 bridgehead atoms. The van der Waals surface area contributed by atoms with Crippen LogP contribution < -0.4 is 0 Å². The van der Waals surface area contributed by atoms with Crippen LogP contribution in [0.2, 0.25) is 0 Å². The van der Waals surface area contributed by atoms with E-state index in [0.29, 0.717) is 63.7 Å². The van der Waals surface area contributed by atoms with Gasteiger partial charge in [0.15, 0.2) is 58.1 Å². The Kier molecular flexibility index (Phi) is 13.6. The summed E-state index contributed by atoms with van der Waals surface area (Å²) in [5.74, 6) is 5.03. The van der Waals surface area contributed by atoms with Crippen LogP contribution in [0.15, 0.2) is 303 Å². The first-order chi connectivity index (χ1) is 46.5. The molecule has 0 spiro atoms. The largest absolute Gasteiger partial charge is 0.309 e. The molecule has 0 unspecified atom stereocenters. The average molecular weight is 1200 g/mol. The van der Waals surface area contributed by atoms with Crippen molar-refractivity contribution < 1.29 is 0 Å². The van der Waals surface area contributed by atoms with Gasteiger partial charge in [0.25, 0.3) is 0 Å². The molecule has 0 fully saturated rings. The molecule has 0 atom stereocenters. The lowest BCUT2D eigenvalue weighted by atomic mass is 9.97. The van der Waals surface area contributed by atoms with Crippen molar-refractivity contribution in [2.75, 3.05) is 0 Å². The lowest BCUT2D eigenvalue weighted by molar-refractivity contribution is 1.07. The number of benzene rings is 12. The molecular weight excluding hydrogens is 1150 g/mol. The van der Waals surface area contributed by atoms with Crippen LogP contribution in [-0.2, 0) is 0 Å². The summed E-state index contributed by atoms with van der Waals surface area (Å²) in [6.45, 7) is 8.95. The zero-order valence-electron chi connectivity index (χ0n) is 50.2. The molecule has 5 aromatic heterocycles. The van der Waals surface area contributed by atoms with Crippen molar-refractivity contribution >= 4 is 49.3 Å². The van der Waals surface area contributed by atoms with Gasteiger partial charge in [-0.15, -0.1) is 0 Å². The summed E-state index contributed by atoms with van der Waals surface area (Å²) in [4.78, 5) is 50.3. The predicted molar refractivity (Wildman–Crippen MR) is 376 cm³/mol. The number of fused-ring (bicyclic) bond motifs is 6. The van der Waals surface area contributed by atoms with Crippen molar-refractivity contribution in [3.05, 3.63) is 315 Å². The van der Waals surface area contributed by atoms with E-state index in [0.717, 1.165) is 111 Å². The van der Waals surface area contributed by atoms with E-state index in [4.69, 9.17) is 51.4 Å². The molecule has 94 heavy (non-hydrogen) atoms. The molecule has 0 aliphatic carbocycles. The summed E-state index contributed by atoms with van der Waals surface area (Å²) in [7, 11) is 0. The van der Waals surface area contributed by atoms with Gasteiger partial charge in [0.2, 0.25) is 0 Å². The lowest BCUT2D eigenvalue weighted by Crippen LogP contribution is -2.02. The minimum absolute atomic E-state index is 0.468. The third kappa shape index (κ3) is 9.95. The standard InChI is InChI=1S/C82H50N12/c1-83-68-44-43-61(93-69-38-22-20-36-62(69)65-48-58(40-45-71(65)93)80-87-74(52-24-8-2-9-25-52)84-75(88-80)53-26-10-3-11-27-53)51-64(68)67-50-60(82-91-78(56-32-16-6-17-33-56)86-79(92-82)57-34-18-7-19-35-57)42-47-73(67)94-70-39-23-21-37-63(70)66-49-59(41-46-72(66)94)81-89-76(54-28-12-4-13-29-54)85-77(90-81)55-30-14-5-15-31-55/h2-51H. The van der Waals surface area contributed by atoms with Crippen LogP contribution in [0, 0.1) is 6.57 Å².